The minimum Gasteiger partial charge on any atom is -0.467 e. The third-order valence-electron chi connectivity index (χ3n) is 3.22. The summed E-state index contributed by atoms with van der Waals surface area (Å²) in [6, 6.07) is 0.176. The average molecular weight is 364 g/mol. The van der Waals surface area contributed by atoms with Crippen LogP contribution in [0.3, 0.4) is 0 Å². The number of hydrogen-bond acceptors (Lipinski definition) is 6. The van der Waals surface area contributed by atoms with Gasteiger partial charge in [0.1, 0.15) is 6.04 Å². The van der Waals surface area contributed by atoms with Gasteiger partial charge in [-0.3, -0.25) is 4.79 Å². The van der Waals surface area contributed by atoms with Crippen molar-refractivity contribution in [1.29, 1.82) is 0 Å². The first kappa shape index (κ1) is 25.5. The summed E-state index contributed by atoms with van der Waals surface area (Å²) in [6.07, 6.45) is 2.66. The SMILES string of the molecule is CC.CCCC(NC(C)=O)C(=O)OC.CN(C)CC1CC(S)CN1. The smallest absolute Gasteiger partial charge is 0.328 e. The molecule has 1 heterocycles. The van der Waals surface area contributed by atoms with Crippen molar-refractivity contribution in [3.63, 3.8) is 0 Å². The molecular weight excluding hydrogens is 326 g/mol. The molecule has 7 heteroatoms. The molecule has 1 aliphatic rings. The lowest BCUT2D eigenvalue weighted by Crippen LogP contribution is -2.40. The first-order valence-corrected chi connectivity index (χ1v) is 9.22. The lowest BCUT2D eigenvalue weighted by Gasteiger charge is -2.15. The summed E-state index contributed by atoms with van der Waals surface area (Å²) in [5.41, 5.74) is 0. The fourth-order valence-corrected chi connectivity index (χ4v) is 2.66. The Bertz CT molecular complexity index is 341. The Hall–Kier alpha value is -0.790. The lowest BCUT2D eigenvalue weighted by molar-refractivity contribution is -0.145. The summed E-state index contributed by atoms with van der Waals surface area (Å²) in [6.45, 7) is 9.53. The van der Waals surface area contributed by atoms with Crippen molar-refractivity contribution in [3.8, 4) is 0 Å². The van der Waals surface area contributed by atoms with Crippen LogP contribution in [-0.2, 0) is 14.3 Å². The van der Waals surface area contributed by atoms with E-state index in [2.05, 4.69) is 47.0 Å². The molecule has 24 heavy (non-hydrogen) atoms. The van der Waals surface area contributed by atoms with Crippen LogP contribution in [0.1, 0.15) is 47.0 Å². The number of carbonyl (C=O) groups is 2. The van der Waals surface area contributed by atoms with Crippen molar-refractivity contribution < 1.29 is 14.3 Å². The van der Waals surface area contributed by atoms with Crippen LogP contribution in [0, 0.1) is 0 Å². The second kappa shape index (κ2) is 15.7. The van der Waals surface area contributed by atoms with Gasteiger partial charge in [0.05, 0.1) is 7.11 Å². The highest BCUT2D eigenvalue weighted by Crippen LogP contribution is 2.11. The molecule has 0 aromatic heterocycles. The van der Waals surface area contributed by atoms with Gasteiger partial charge in [0.25, 0.3) is 0 Å². The van der Waals surface area contributed by atoms with Crippen molar-refractivity contribution in [2.75, 3.05) is 34.3 Å². The highest BCUT2D eigenvalue weighted by Gasteiger charge is 2.21. The van der Waals surface area contributed by atoms with Crippen LogP contribution in [0.15, 0.2) is 0 Å². The topological polar surface area (TPSA) is 70.7 Å². The number of rotatable bonds is 6. The van der Waals surface area contributed by atoms with Crippen LogP contribution in [0.4, 0.5) is 0 Å². The zero-order valence-electron chi connectivity index (χ0n) is 16.4. The van der Waals surface area contributed by atoms with Crippen LogP contribution in [0.25, 0.3) is 0 Å². The minimum atomic E-state index is -0.488. The Morgan fingerprint density at radius 2 is 1.96 bits per heavy atom. The summed E-state index contributed by atoms with van der Waals surface area (Å²) >= 11 is 4.39. The van der Waals surface area contributed by atoms with Crippen molar-refractivity contribution in [2.24, 2.45) is 0 Å². The van der Waals surface area contributed by atoms with Gasteiger partial charge in [-0.25, -0.2) is 4.79 Å². The maximum Gasteiger partial charge on any atom is 0.328 e. The number of amides is 1. The lowest BCUT2D eigenvalue weighted by atomic mass is 10.2. The molecule has 1 rings (SSSR count). The van der Waals surface area contributed by atoms with Gasteiger partial charge in [-0.2, -0.15) is 12.6 Å². The standard InChI is InChI=1S/C8H15NO3.C7H16N2S.C2H6/c1-4-5-7(8(11)12-3)9-6(2)10;1-9(2)5-6-3-7(10)4-8-6;1-2/h7H,4-5H2,1-3H3,(H,9,10);6-8,10H,3-5H2,1-2H3;1-2H3. The van der Waals surface area contributed by atoms with Crippen LogP contribution in [0.2, 0.25) is 0 Å². The Kier molecular flexibility index (Phi) is 16.7. The van der Waals surface area contributed by atoms with Gasteiger partial charge >= 0.3 is 5.97 Å². The molecule has 0 aliphatic carbocycles. The summed E-state index contributed by atoms with van der Waals surface area (Å²) in [5, 5.41) is 6.51. The quantitative estimate of drug-likeness (QED) is 0.495. The maximum atomic E-state index is 11.0. The molecule has 1 fully saturated rings. The highest BCUT2D eigenvalue weighted by atomic mass is 32.1. The summed E-state index contributed by atoms with van der Waals surface area (Å²) in [5.74, 6) is -0.592. The molecule has 0 saturated carbocycles. The van der Waals surface area contributed by atoms with Gasteiger partial charge in [0, 0.05) is 31.3 Å². The van der Waals surface area contributed by atoms with E-state index in [0.29, 0.717) is 17.7 Å². The Morgan fingerprint density at radius 1 is 1.38 bits per heavy atom. The number of nitrogens with one attached hydrogen (secondary N) is 2. The molecule has 0 radical (unpaired) electrons. The van der Waals surface area contributed by atoms with E-state index in [1.165, 1.54) is 20.5 Å². The predicted octanol–water partition coefficient (Wildman–Crippen LogP) is 1.70. The molecule has 0 aromatic carbocycles. The molecule has 0 bridgehead atoms. The third-order valence-corrected chi connectivity index (χ3v) is 3.62. The second-order valence-corrected chi connectivity index (χ2v) is 6.55. The Balaban J connectivity index is 0. The second-order valence-electron chi connectivity index (χ2n) is 5.82. The number of hydrogen-bond donors (Lipinski definition) is 3. The van der Waals surface area contributed by atoms with E-state index in [-0.39, 0.29) is 11.9 Å². The van der Waals surface area contributed by atoms with Crippen molar-refractivity contribution in [1.82, 2.24) is 15.5 Å². The highest BCUT2D eigenvalue weighted by molar-refractivity contribution is 7.81. The summed E-state index contributed by atoms with van der Waals surface area (Å²) in [4.78, 5) is 23.8. The molecule has 1 aliphatic heterocycles. The van der Waals surface area contributed by atoms with Crippen LogP contribution in [-0.4, -0.2) is 68.4 Å². The van der Waals surface area contributed by atoms with Gasteiger partial charge in [-0.15, -0.1) is 0 Å². The number of esters is 1. The van der Waals surface area contributed by atoms with E-state index < -0.39 is 6.04 Å². The Labute approximate surface area is 153 Å². The summed E-state index contributed by atoms with van der Waals surface area (Å²) < 4.78 is 4.51. The van der Waals surface area contributed by atoms with Crippen molar-refractivity contribution in [3.05, 3.63) is 0 Å². The van der Waals surface area contributed by atoms with Gasteiger partial charge in [0.15, 0.2) is 0 Å². The molecule has 0 spiro atoms. The van der Waals surface area contributed by atoms with Crippen molar-refractivity contribution >= 4 is 24.5 Å². The van der Waals surface area contributed by atoms with Gasteiger partial charge < -0.3 is 20.3 Å². The van der Waals surface area contributed by atoms with E-state index in [1.807, 2.05) is 20.8 Å². The fraction of sp³-hybridized carbons (Fsp3) is 0.882. The van der Waals surface area contributed by atoms with Gasteiger partial charge in [-0.05, 0) is 26.9 Å². The molecule has 0 aromatic rings. The van der Waals surface area contributed by atoms with E-state index >= 15 is 0 Å². The largest absolute Gasteiger partial charge is 0.467 e. The van der Waals surface area contributed by atoms with Crippen LogP contribution >= 0.6 is 12.6 Å². The molecule has 3 unspecified atom stereocenters. The molecule has 1 saturated heterocycles. The molecule has 2 N–H and O–H groups in total. The maximum absolute atomic E-state index is 11.0. The van der Waals surface area contributed by atoms with E-state index in [9.17, 15) is 9.59 Å². The van der Waals surface area contributed by atoms with Gasteiger partial charge in [0.2, 0.25) is 5.91 Å². The van der Waals surface area contributed by atoms with Gasteiger partial charge in [-0.1, -0.05) is 27.2 Å². The predicted molar refractivity (Wildman–Crippen MR) is 104 cm³/mol. The van der Waals surface area contributed by atoms with Crippen molar-refractivity contribution in [2.45, 2.75) is 64.3 Å². The normalized spacial score (nSPS) is 20.2. The minimum absolute atomic E-state index is 0.209. The molecule has 6 nitrogen and oxygen atoms in total. The molecule has 3 atom stereocenters. The zero-order chi connectivity index (χ0) is 19.1. The summed E-state index contributed by atoms with van der Waals surface area (Å²) in [7, 11) is 5.52. The number of carbonyl (C=O) groups excluding carboxylic acids is 2. The van der Waals surface area contributed by atoms with E-state index in [4.69, 9.17) is 0 Å². The fourth-order valence-electron chi connectivity index (χ4n) is 2.30. The van der Waals surface area contributed by atoms with E-state index in [1.54, 1.807) is 0 Å². The van der Waals surface area contributed by atoms with Crippen LogP contribution < -0.4 is 10.6 Å². The van der Waals surface area contributed by atoms with E-state index in [0.717, 1.165) is 19.5 Å². The molecule has 144 valence electrons. The number of likely N-dealkylation sites (N-methyl/N-ethyl adjacent to an activating group) is 1. The Morgan fingerprint density at radius 3 is 2.29 bits per heavy atom. The first-order valence-electron chi connectivity index (χ1n) is 8.71. The number of thiol groups is 1. The first-order chi connectivity index (χ1) is 11.3. The molecular formula is C17H37N3O3S. The van der Waals surface area contributed by atoms with Crippen LogP contribution in [0.5, 0.6) is 0 Å². The molecule has 1 amide bonds. The number of ether oxygens (including phenoxy) is 1. The monoisotopic (exact) mass is 363 g/mol. The third kappa shape index (κ3) is 13.6. The average Bonchev–Trinajstić information content (AvgIpc) is 2.92. The zero-order valence-corrected chi connectivity index (χ0v) is 17.3. The number of nitrogens with zero attached hydrogens (tertiary/aromatic N) is 1. The number of methoxy groups -OCH3 is 1.